The van der Waals surface area contributed by atoms with Crippen LogP contribution in [0, 0.1) is 11.3 Å². The Morgan fingerprint density at radius 3 is 2.16 bits per heavy atom. The molecule has 0 heterocycles. The van der Waals surface area contributed by atoms with E-state index in [1.165, 1.54) is 32.4 Å². The zero-order chi connectivity index (χ0) is 18.4. The normalized spacial score (nSPS) is 11.5. The maximum absolute atomic E-state index is 11.1. The lowest BCUT2D eigenvalue weighted by molar-refractivity contribution is 0.394. The summed E-state index contributed by atoms with van der Waals surface area (Å²) in [4.78, 5) is 0. The van der Waals surface area contributed by atoms with Crippen molar-refractivity contribution in [2.45, 2.75) is 0 Å². The molecule has 0 saturated carbocycles. The second-order valence-electron chi connectivity index (χ2n) is 4.89. The van der Waals surface area contributed by atoms with Gasteiger partial charge < -0.3 is 13.7 Å². The summed E-state index contributed by atoms with van der Waals surface area (Å²) in [5.41, 5.74) is 1.77. The molecule has 7 nitrogen and oxygen atoms in total. The van der Waals surface area contributed by atoms with Crippen LogP contribution in [-0.2, 0) is 10.3 Å². The lowest BCUT2D eigenvalue weighted by Gasteiger charge is -2.12. The van der Waals surface area contributed by atoms with E-state index in [9.17, 15) is 8.42 Å². The fourth-order valence-corrected chi connectivity index (χ4v) is 2.58. The summed E-state index contributed by atoms with van der Waals surface area (Å²) in [7, 11) is -1.10. The number of hydrogen-bond donors (Lipinski definition) is 1. The minimum absolute atomic E-state index is 0.0405. The fourth-order valence-electron chi connectivity index (χ4n) is 2.21. The summed E-state index contributed by atoms with van der Waals surface area (Å²) in [6.45, 7) is 0. The number of hydrogen-bond acceptors (Lipinski definition) is 6. The highest BCUT2D eigenvalue weighted by Gasteiger charge is 2.12. The molecular weight excluding hydrogens is 344 g/mol. The Balaban J connectivity index is 2.55. The Morgan fingerprint density at radius 1 is 1.04 bits per heavy atom. The fraction of sp³-hybridized carbons (Fsp3) is 0.118. The maximum Gasteiger partial charge on any atom is 0.380 e. The molecule has 0 unspecified atom stereocenters. The molecule has 2 aromatic carbocycles. The van der Waals surface area contributed by atoms with Crippen LogP contribution in [0.2, 0.25) is 0 Å². The van der Waals surface area contributed by atoms with Gasteiger partial charge in [-0.2, -0.15) is 18.8 Å². The Bertz CT molecular complexity index is 924. The van der Waals surface area contributed by atoms with Gasteiger partial charge in [-0.1, -0.05) is 12.1 Å². The van der Waals surface area contributed by atoms with Gasteiger partial charge in [0.1, 0.15) is 17.2 Å². The van der Waals surface area contributed by atoms with Gasteiger partial charge >= 0.3 is 10.3 Å². The topological polar surface area (TPSA) is 112 Å². The number of ether oxygens (including phenoxy) is 2. The molecular formula is C17H16N2O5S. The molecule has 0 fully saturated rings. The van der Waals surface area contributed by atoms with Crippen LogP contribution in [-0.4, -0.2) is 22.6 Å². The first-order valence-electron chi connectivity index (χ1n) is 7.02. The second-order valence-corrected chi connectivity index (χ2v) is 6.04. The molecule has 0 aliphatic heterocycles. The molecule has 0 amide bonds. The van der Waals surface area contributed by atoms with Crippen molar-refractivity contribution in [2.24, 2.45) is 5.14 Å². The number of allylic oxidation sites excluding steroid dienone is 1. The Labute approximate surface area is 146 Å². The summed E-state index contributed by atoms with van der Waals surface area (Å²) >= 11 is 0. The minimum atomic E-state index is -4.14. The van der Waals surface area contributed by atoms with Crippen LogP contribution in [0.25, 0.3) is 5.57 Å². The number of nitriles is 1. The van der Waals surface area contributed by atoms with Crippen LogP contribution in [0.3, 0.4) is 0 Å². The first-order valence-corrected chi connectivity index (χ1v) is 8.49. The molecule has 0 atom stereocenters. The Kier molecular flexibility index (Phi) is 5.64. The van der Waals surface area contributed by atoms with Gasteiger partial charge in [0.2, 0.25) is 0 Å². The molecule has 0 radical (unpaired) electrons. The number of benzene rings is 2. The third-order valence-corrected chi connectivity index (χ3v) is 3.65. The molecule has 2 rings (SSSR count). The third kappa shape index (κ3) is 4.97. The lowest BCUT2D eigenvalue weighted by atomic mass is 9.97. The second kappa shape index (κ2) is 7.70. The highest BCUT2D eigenvalue weighted by atomic mass is 32.2. The summed E-state index contributed by atoms with van der Waals surface area (Å²) in [5.74, 6) is 1.14. The largest absolute Gasteiger partial charge is 0.497 e. The molecule has 0 bridgehead atoms. The zero-order valence-electron chi connectivity index (χ0n) is 13.6. The third-order valence-electron chi connectivity index (χ3n) is 3.23. The van der Waals surface area contributed by atoms with E-state index >= 15 is 0 Å². The standard InChI is InChI=1S/C17H16N2O5S/c1-22-15-9-13(10-16(11-15)23-2)17(6-7-18)12-4-3-5-14(8-12)24-25(19,20)21/h3-6,8-11H,1-2H3,(H2,19,20,21)/b17-6+. The first-order chi connectivity index (χ1) is 11.9. The molecule has 0 aromatic heterocycles. The summed E-state index contributed by atoms with van der Waals surface area (Å²) < 4.78 is 37.4. The van der Waals surface area contributed by atoms with Crippen molar-refractivity contribution in [1.82, 2.24) is 0 Å². The maximum atomic E-state index is 11.1. The average Bonchev–Trinajstić information content (AvgIpc) is 2.57. The van der Waals surface area contributed by atoms with Crippen LogP contribution in [0.4, 0.5) is 0 Å². The van der Waals surface area contributed by atoms with Crippen molar-refractivity contribution < 1.29 is 22.1 Å². The van der Waals surface area contributed by atoms with Gasteiger partial charge in [0, 0.05) is 12.1 Å². The lowest BCUT2D eigenvalue weighted by Crippen LogP contribution is -2.18. The van der Waals surface area contributed by atoms with Gasteiger partial charge in [0.15, 0.2) is 0 Å². The summed E-state index contributed by atoms with van der Waals surface area (Å²) in [6.07, 6.45) is 1.34. The SMILES string of the molecule is COc1cc(OC)cc(/C(=C/C#N)c2cccc(OS(N)(=O)=O)c2)c1. The number of methoxy groups -OCH3 is 2. The van der Waals surface area contributed by atoms with E-state index in [0.717, 1.165) is 0 Å². The summed E-state index contributed by atoms with van der Waals surface area (Å²) in [6, 6.07) is 13.4. The monoisotopic (exact) mass is 360 g/mol. The highest BCUT2D eigenvalue weighted by Crippen LogP contribution is 2.32. The van der Waals surface area contributed by atoms with Crippen LogP contribution in [0.1, 0.15) is 11.1 Å². The summed E-state index contributed by atoms with van der Waals surface area (Å²) in [5, 5.41) is 14.0. The van der Waals surface area contributed by atoms with E-state index in [-0.39, 0.29) is 5.75 Å². The van der Waals surface area contributed by atoms with E-state index < -0.39 is 10.3 Å². The molecule has 0 aliphatic rings. The predicted octanol–water partition coefficient (Wildman–Crippen LogP) is 2.24. The van der Waals surface area contributed by atoms with Crippen molar-refractivity contribution >= 4 is 15.9 Å². The molecule has 130 valence electrons. The molecule has 0 aliphatic carbocycles. The van der Waals surface area contributed by atoms with E-state index in [1.54, 1.807) is 30.3 Å². The quantitative estimate of drug-likeness (QED) is 0.791. The Morgan fingerprint density at radius 2 is 1.64 bits per heavy atom. The Hall–Kier alpha value is -3.02. The number of nitrogens with two attached hydrogens (primary N) is 1. The first kappa shape index (κ1) is 18.3. The molecule has 0 saturated heterocycles. The van der Waals surface area contributed by atoms with Crippen molar-refractivity contribution in [3.63, 3.8) is 0 Å². The van der Waals surface area contributed by atoms with Crippen LogP contribution in [0.5, 0.6) is 17.2 Å². The van der Waals surface area contributed by atoms with Crippen molar-refractivity contribution in [1.29, 1.82) is 5.26 Å². The van der Waals surface area contributed by atoms with E-state index in [0.29, 0.717) is 28.2 Å². The number of rotatable bonds is 6. The van der Waals surface area contributed by atoms with Gasteiger partial charge in [-0.25, -0.2) is 0 Å². The van der Waals surface area contributed by atoms with Crippen molar-refractivity contribution in [3.8, 4) is 23.3 Å². The molecule has 0 spiro atoms. The molecule has 2 N–H and O–H groups in total. The van der Waals surface area contributed by atoms with E-state index in [1.807, 2.05) is 6.07 Å². The predicted molar refractivity (Wildman–Crippen MR) is 92.4 cm³/mol. The van der Waals surface area contributed by atoms with Crippen LogP contribution >= 0.6 is 0 Å². The van der Waals surface area contributed by atoms with Gasteiger partial charge in [0.25, 0.3) is 0 Å². The van der Waals surface area contributed by atoms with Crippen molar-refractivity contribution in [3.05, 3.63) is 59.7 Å². The van der Waals surface area contributed by atoms with Gasteiger partial charge in [0.05, 0.1) is 20.3 Å². The van der Waals surface area contributed by atoms with Crippen LogP contribution in [0.15, 0.2) is 48.5 Å². The van der Waals surface area contributed by atoms with Gasteiger partial charge in [-0.05, 0) is 41.0 Å². The molecule has 25 heavy (non-hydrogen) atoms. The molecule has 8 heteroatoms. The number of nitrogens with zero attached hydrogens (tertiary/aromatic N) is 1. The van der Waals surface area contributed by atoms with Crippen molar-refractivity contribution in [2.75, 3.05) is 14.2 Å². The smallest absolute Gasteiger partial charge is 0.380 e. The highest BCUT2D eigenvalue weighted by molar-refractivity contribution is 7.84. The van der Waals surface area contributed by atoms with Gasteiger partial charge in [-0.3, -0.25) is 0 Å². The van der Waals surface area contributed by atoms with E-state index in [2.05, 4.69) is 4.18 Å². The van der Waals surface area contributed by atoms with E-state index in [4.69, 9.17) is 19.9 Å². The van der Waals surface area contributed by atoms with Crippen LogP contribution < -0.4 is 18.8 Å². The molecule has 2 aromatic rings. The minimum Gasteiger partial charge on any atom is -0.497 e. The zero-order valence-corrected chi connectivity index (χ0v) is 14.4. The average molecular weight is 360 g/mol. The van der Waals surface area contributed by atoms with Gasteiger partial charge in [-0.15, -0.1) is 0 Å².